The highest BCUT2D eigenvalue weighted by molar-refractivity contribution is 8.76. The highest BCUT2D eigenvalue weighted by atomic mass is 33.1. The summed E-state index contributed by atoms with van der Waals surface area (Å²) in [5.41, 5.74) is 16.4. The number of carbonyl (C=O) groups excluding carboxylic acids is 4. The third kappa shape index (κ3) is 11.9. The van der Waals surface area contributed by atoms with Crippen molar-refractivity contribution in [2.45, 2.75) is 43.4 Å². The Balaban J connectivity index is 3.06. The molecule has 202 valence electrons. The SMILES string of the molecule is NC(N)=NCCCC1NC(=O)[C@@H](N)CSSCC(C(=O)O)NC(=O)C(CC(=O)O)NC(=O)CNC1=O. The first-order valence-corrected chi connectivity index (χ1v) is 13.1. The van der Waals surface area contributed by atoms with E-state index in [9.17, 15) is 33.9 Å². The van der Waals surface area contributed by atoms with Gasteiger partial charge in [0.1, 0.15) is 18.1 Å². The lowest BCUT2D eigenvalue weighted by Gasteiger charge is -2.21. The van der Waals surface area contributed by atoms with Gasteiger partial charge in [-0.2, -0.15) is 0 Å². The van der Waals surface area contributed by atoms with E-state index in [0.717, 1.165) is 21.6 Å². The molecule has 0 aromatic rings. The smallest absolute Gasteiger partial charge is 0.327 e. The summed E-state index contributed by atoms with van der Waals surface area (Å²) < 4.78 is 0. The molecule has 0 aromatic heterocycles. The van der Waals surface area contributed by atoms with Crippen LogP contribution in [0.2, 0.25) is 0 Å². The second-order valence-electron chi connectivity index (χ2n) is 7.52. The molecule has 4 atom stereocenters. The average Bonchev–Trinajstić information content (AvgIpc) is 2.79. The number of aliphatic carboxylic acids is 2. The quantitative estimate of drug-likeness (QED) is 0.0631. The Morgan fingerprint density at radius 1 is 0.944 bits per heavy atom. The largest absolute Gasteiger partial charge is 0.481 e. The number of rotatable bonds is 7. The second kappa shape index (κ2) is 15.7. The standard InChI is InChI=1S/C18H30N8O8S2/c19-8-6-35-36-7-11(17(33)34)26-16(32)10(4-13(28)29)24-12(27)5-23-15(31)9(25-14(8)30)2-1-3-22-18(20)21/h8-11H,1-7,19H2,(H,23,31)(H,24,27)(H,25,30)(H,26,32)(H,28,29)(H,33,34)(H4,20,21,22)/t8-,9?,10?,11?/m0/s1. The van der Waals surface area contributed by atoms with Crippen LogP contribution in [0.4, 0.5) is 0 Å². The normalized spacial score (nSPS) is 24.8. The van der Waals surface area contributed by atoms with Crippen LogP contribution in [0.1, 0.15) is 19.3 Å². The van der Waals surface area contributed by atoms with Crippen molar-refractivity contribution in [3.8, 4) is 0 Å². The van der Waals surface area contributed by atoms with E-state index in [1.165, 1.54) is 0 Å². The zero-order valence-corrected chi connectivity index (χ0v) is 20.7. The lowest BCUT2D eigenvalue weighted by atomic mass is 10.1. The van der Waals surface area contributed by atoms with Crippen LogP contribution in [0, 0.1) is 0 Å². The summed E-state index contributed by atoms with van der Waals surface area (Å²) in [7, 11) is 2.09. The van der Waals surface area contributed by atoms with Crippen molar-refractivity contribution in [1.29, 1.82) is 0 Å². The van der Waals surface area contributed by atoms with E-state index in [-0.39, 0.29) is 30.4 Å². The first kappa shape index (κ1) is 30.8. The lowest BCUT2D eigenvalue weighted by molar-refractivity contribution is -0.143. The van der Waals surface area contributed by atoms with Crippen molar-refractivity contribution in [3.63, 3.8) is 0 Å². The maximum Gasteiger partial charge on any atom is 0.327 e. The Morgan fingerprint density at radius 2 is 1.61 bits per heavy atom. The van der Waals surface area contributed by atoms with Crippen LogP contribution >= 0.6 is 21.6 Å². The zero-order valence-electron chi connectivity index (χ0n) is 19.1. The summed E-state index contributed by atoms with van der Waals surface area (Å²) in [6.07, 6.45) is -0.410. The number of nitrogens with one attached hydrogen (secondary N) is 4. The monoisotopic (exact) mass is 550 g/mol. The van der Waals surface area contributed by atoms with Crippen molar-refractivity contribution in [3.05, 3.63) is 0 Å². The number of nitrogens with zero attached hydrogens (tertiary/aromatic N) is 1. The van der Waals surface area contributed by atoms with Crippen molar-refractivity contribution in [2.24, 2.45) is 22.2 Å². The molecule has 16 nitrogen and oxygen atoms in total. The number of hydrogen-bond donors (Lipinski definition) is 9. The fourth-order valence-corrected chi connectivity index (χ4v) is 5.01. The van der Waals surface area contributed by atoms with E-state index < -0.39 is 72.7 Å². The van der Waals surface area contributed by atoms with Crippen LogP contribution in [-0.4, -0.2) is 101 Å². The molecule has 0 bridgehead atoms. The number of carbonyl (C=O) groups is 6. The van der Waals surface area contributed by atoms with Crippen LogP contribution in [0.5, 0.6) is 0 Å². The topological polar surface area (TPSA) is 281 Å². The van der Waals surface area contributed by atoms with E-state index >= 15 is 0 Å². The van der Waals surface area contributed by atoms with E-state index in [1.54, 1.807) is 0 Å². The second-order valence-corrected chi connectivity index (χ2v) is 10.1. The van der Waals surface area contributed by atoms with Gasteiger partial charge in [0.05, 0.1) is 19.0 Å². The minimum Gasteiger partial charge on any atom is -0.481 e. The van der Waals surface area contributed by atoms with Gasteiger partial charge in [0.25, 0.3) is 0 Å². The van der Waals surface area contributed by atoms with Gasteiger partial charge in [-0.1, -0.05) is 21.6 Å². The van der Waals surface area contributed by atoms with Gasteiger partial charge in [-0.15, -0.1) is 0 Å². The van der Waals surface area contributed by atoms with Crippen LogP contribution in [0.3, 0.4) is 0 Å². The van der Waals surface area contributed by atoms with E-state index in [1.807, 2.05) is 0 Å². The predicted molar refractivity (Wildman–Crippen MR) is 131 cm³/mol. The summed E-state index contributed by atoms with van der Waals surface area (Å²) in [5.74, 6) is -6.33. The van der Waals surface area contributed by atoms with E-state index in [2.05, 4.69) is 26.3 Å². The first-order chi connectivity index (χ1) is 16.9. The van der Waals surface area contributed by atoms with Gasteiger partial charge in [-0.05, 0) is 12.8 Å². The lowest BCUT2D eigenvalue weighted by Crippen LogP contribution is -2.55. The number of amides is 4. The molecule has 1 saturated heterocycles. The molecule has 0 radical (unpaired) electrons. The van der Waals surface area contributed by atoms with Gasteiger partial charge in [0.15, 0.2) is 5.96 Å². The molecule has 1 heterocycles. The molecule has 0 saturated carbocycles. The maximum atomic E-state index is 12.6. The Labute approximate surface area is 213 Å². The van der Waals surface area contributed by atoms with Gasteiger partial charge in [-0.25, -0.2) is 4.79 Å². The molecular formula is C18H30N8O8S2. The van der Waals surface area contributed by atoms with Crippen molar-refractivity contribution < 1.29 is 39.0 Å². The van der Waals surface area contributed by atoms with Crippen molar-refractivity contribution >= 4 is 63.1 Å². The number of hydrogen-bond acceptors (Lipinski definition) is 10. The van der Waals surface area contributed by atoms with Crippen LogP contribution in [0.15, 0.2) is 4.99 Å². The summed E-state index contributed by atoms with van der Waals surface area (Å²) in [6.45, 7) is -0.472. The molecule has 36 heavy (non-hydrogen) atoms. The minimum atomic E-state index is -1.59. The minimum absolute atomic E-state index is 0.0564. The van der Waals surface area contributed by atoms with Crippen LogP contribution < -0.4 is 38.5 Å². The molecule has 1 rings (SSSR count). The average molecular weight is 551 g/mol. The van der Waals surface area contributed by atoms with E-state index in [0.29, 0.717) is 6.42 Å². The molecule has 18 heteroatoms. The third-order valence-electron chi connectivity index (χ3n) is 4.55. The molecule has 0 spiro atoms. The molecule has 1 aliphatic rings. The Hall–Kier alpha value is -3.25. The van der Waals surface area contributed by atoms with Crippen LogP contribution in [0.25, 0.3) is 0 Å². The van der Waals surface area contributed by atoms with Gasteiger partial charge in [0, 0.05) is 18.1 Å². The van der Waals surface area contributed by atoms with Crippen molar-refractivity contribution in [1.82, 2.24) is 21.3 Å². The zero-order chi connectivity index (χ0) is 27.3. The Bertz CT molecular complexity index is 870. The molecule has 1 aliphatic heterocycles. The number of aliphatic imine (C=N–C) groups is 1. The number of nitrogens with two attached hydrogens (primary N) is 3. The summed E-state index contributed by atoms with van der Waals surface area (Å²) in [4.78, 5) is 76.4. The van der Waals surface area contributed by atoms with Gasteiger partial charge in [0.2, 0.25) is 23.6 Å². The highest BCUT2D eigenvalue weighted by Gasteiger charge is 2.30. The molecule has 3 unspecified atom stereocenters. The molecule has 1 fully saturated rings. The molecule has 4 amide bonds. The molecule has 12 N–H and O–H groups in total. The Morgan fingerprint density at radius 3 is 2.22 bits per heavy atom. The van der Waals surface area contributed by atoms with Gasteiger partial charge < -0.3 is 48.7 Å². The fraction of sp³-hybridized carbons (Fsp3) is 0.611. The molecule has 0 aliphatic carbocycles. The maximum absolute atomic E-state index is 12.6. The Kier molecular flexibility index (Phi) is 13.4. The summed E-state index contributed by atoms with van der Waals surface area (Å²) >= 11 is 0. The molecule has 0 aromatic carbocycles. The van der Waals surface area contributed by atoms with Crippen molar-refractivity contribution in [2.75, 3.05) is 24.6 Å². The predicted octanol–water partition coefficient (Wildman–Crippen LogP) is -4.11. The van der Waals surface area contributed by atoms with Gasteiger partial charge >= 0.3 is 11.9 Å². The fourth-order valence-electron chi connectivity index (χ4n) is 2.73. The number of carboxylic acid groups (broad SMARTS) is 2. The number of carboxylic acids is 2. The summed E-state index contributed by atoms with van der Waals surface area (Å²) in [5, 5.41) is 27.6. The number of guanidine groups is 1. The van der Waals surface area contributed by atoms with Gasteiger partial charge in [-0.3, -0.25) is 29.0 Å². The highest BCUT2D eigenvalue weighted by Crippen LogP contribution is 2.23. The molecular weight excluding hydrogens is 520 g/mol. The van der Waals surface area contributed by atoms with E-state index in [4.69, 9.17) is 22.3 Å². The third-order valence-corrected chi connectivity index (χ3v) is 7.00. The summed E-state index contributed by atoms with van der Waals surface area (Å²) in [6, 6.07) is -5.13. The first-order valence-electron chi connectivity index (χ1n) is 10.6. The van der Waals surface area contributed by atoms with Crippen LogP contribution in [-0.2, 0) is 28.8 Å².